The smallest absolute Gasteiger partial charge is 0.221 e. The number of amides is 1. The summed E-state index contributed by atoms with van der Waals surface area (Å²) in [5, 5.41) is 8.28. The number of carbonyl (C=O) groups excluding carboxylic acids is 1. The van der Waals surface area contributed by atoms with Gasteiger partial charge in [-0.1, -0.05) is 0 Å². The Morgan fingerprint density at radius 3 is 3.11 bits per heavy atom. The Morgan fingerprint density at radius 1 is 1.58 bits per heavy atom. The molecule has 2 aromatic heterocycles. The molecule has 2 rings (SSSR count). The van der Waals surface area contributed by atoms with Gasteiger partial charge >= 0.3 is 0 Å². The molecule has 5 nitrogen and oxygen atoms in total. The average Bonchev–Trinajstić information content (AvgIpc) is 2.97. The third kappa shape index (κ3) is 4.18. The molecule has 0 radical (unpaired) electrons. The van der Waals surface area contributed by atoms with Crippen molar-refractivity contribution in [3.63, 3.8) is 0 Å². The van der Waals surface area contributed by atoms with Gasteiger partial charge in [-0.05, 0) is 18.4 Å². The molecule has 19 heavy (non-hydrogen) atoms. The van der Waals surface area contributed by atoms with E-state index >= 15 is 0 Å². The van der Waals surface area contributed by atoms with Gasteiger partial charge in [0.05, 0.1) is 12.0 Å². The van der Waals surface area contributed by atoms with Gasteiger partial charge in [-0.2, -0.15) is 0 Å². The van der Waals surface area contributed by atoms with Crippen molar-refractivity contribution in [3.8, 4) is 0 Å². The summed E-state index contributed by atoms with van der Waals surface area (Å²) in [4.78, 5) is 16.2. The molecule has 0 aliphatic rings. The van der Waals surface area contributed by atoms with Crippen LogP contribution in [-0.2, 0) is 17.9 Å². The molecule has 2 aromatic rings. The Morgan fingerprint density at radius 2 is 2.42 bits per heavy atom. The first-order valence-electron chi connectivity index (χ1n) is 6.18. The predicted octanol–water partition coefficient (Wildman–Crippen LogP) is 2.08. The molecule has 1 atom stereocenters. The van der Waals surface area contributed by atoms with E-state index in [1.54, 1.807) is 17.5 Å². The van der Waals surface area contributed by atoms with E-state index in [2.05, 4.69) is 22.5 Å². The van der Waals surface area contributed by atoms with E-state index in [9.17, 15) is 4.79 Å². The molecule has 0 aliphatic carbocycles. The zero-order valence-corrected chi connectivity index (χ0v) is 11.9. The van der Waals surface area contributed by atoms with Gasteiger partial charge in [0.2, 0.25) is 5.91 Å². The van der Waals surface area contributed by atoms with Crippen LogP contribution in [0, 0.1) is 0 Å². The summed E-state index contributed by atoms with van der Waals surface area (Å²) in [5.74, 6) is -0.0360. The number of carbonyl (C=O) groups is 1. The lowest BCUT2D eigenvalue weighted by Gasteiger charge is -2.14. The minimum Gasteiger partial charge on any atom is -0.336 e. The van der Waals surface area contributed by atoms with Gasteiger partial charge in [0.15, 0.2) is 0 Å². The van der Waals surface area contributed by atoms with Gasteiger partial charge in [0.1, 0.15) is 0 Å². The van der Waals surface area contributed by atoms with Gasteiger partial charge in [-0.3, -0.25) is 4.79 Å². The van der Waals surface area contributed by atoms with E-state index in [0.717, 1.165) is 23.7 Å². The van der Waals surface area contributed by atoms with Crippen LogP contribution in [0.4, 0.5) is 5.69 Å². The van der Waals surface area contributed by atoms with Crippen LogP contribution in [0.5, 0.6) is 0 Å². The molecule has 1 amide bonds. The second-order valence-electron chi connectivity index (χ2n) is 4.48. The molecule has 102 valence electrons. The molecular weight excluding hydrogens is 260 g/mol. The normalized spacial score (nSPS) is 12.3. The number of rotatable bonds is 6. The van der Waals surface area contributed by atoms with Gasteiger partial charge in [-0.15, -0.1) is 11.3 Å². The second-order valence-corrected chi connectivity index (χ2v) is 5.48. The highest BCUT2D eigenvalue weighted by atomic mass is 32.1. The zero-order valence-electron chi connectivity index (χ0n) is 11.1. The molecule has 0 spiro atoms. The Labute approximate surface area is 116 Å². The van der Waals surface area contributed by atoms with Crippen LogP contribution in [0.1, 0.15) is 18.7 Å². The number of imidazole rings is 1. The molecule has 0 aromatic carbocycles. The van der Waals surface area contributed by atoms with Crippen LogP contribution >= 0.6 is 11.3 Å². The molecule has 1 unspecified atom stereocenters. The maximum absolute atomic E-state index is 11.1. The quantitative estimate of drug-likeness (QED) is 0.850. The number of aromatic nitrogens is 2. The van der Waals surface area contributed by atoms with Gasteiger partial charge in [0.25, 0.3) is 0 Å². The second kappa shape index (κ2) is 6.49. The highest BCUT2D eigenvalue weighted by Gasteiger charge is 2.08. The monoisotopic (exact) mass is 278 g/mol. The molecule has 2 N–H and O–H groups in total. The van der Waals surface area contributed by atoms with E-state index < -0.39 is 0 Å². The number of thiophene rings is 1. The van der Waals surface area contributed by atoms with E-state index in [-0.39, 0.29) is 5.91 Å². The first-order valence-corrected chi connectivity index (χ1v) is 7.06. The minimum absolute atomic E-state index is 0.0360. The van der Waals surface area contributed by atoms with Crippen molar-refractivity contribution in [1.29, 1.82) is 0 Å². The van der Waals surface area contributed by atoms with Crippen molar-refractivity contribution in [3.05, 3.63) is 35.0 Å². The summed E-state index contributed by atoms with van der Waals surface area (Å²) in [7, 11) is 0. The molecule has 0 bridgehead atoms. The number of hydrogen-bond acceptors (Lipinski definition) is 4. The maximum atomic E-state index is 11.1. The Balaban J connectivity index is 1.84. The van der Waals surface area contributed by atoms with Crippen molar-refractivity contribution in [2.24, 2.45) is 0 Å². The lowest BCUT2D eigenvalue weighted by Crippen LogP contribution is -2.29. The van der Waals surface area contributed by atoms with Crippen LogP contribution in [0.25, 0.3) is 0 Å². The zero-order chi connectivity index (χ0) is 13.7. The fourth-order valence-corrected chi connectivity index (χ4v) is 2.60. The van der Waals surface area contributed by atoms with E-state index in [0.29, 0.717) is 6.04 Å². The van der Waals surface area contributed by atoms with Gasteiger partial charge in [0, 0.05) is 43.3 Å². The van der Waals surface area contributed by atoms with Crippen LogP contribution in [-0.4, -0.2) is 21.5 Å². The number of anilines is 1. The van der Waals surface area contributed by atoms with Crippen molar-refractivity contribution in [1.82, 2.24) is 14.9 Å². The lowest BCUT2D eigenvalue weighted by molar-refractivity contribution is -0.114. The van der Waals surface area contributed by atoms with Crippen molar-refractivity contribution in [2.75, 3.05) is 5.32 Å². The van der Waals surface area contributed by atoms with Crippen LogP contribution in [0.3, 0.4) is 0 Å². The molecule has 0 fully saturated rings. The number of hydrogen-bond donors (Lipinski definition) is 2. The summed E-state index contributed by atoms with van der Waals surface area (Å²) in [6.45, 7) is 5.28. The molecular formula is C13H18N4OS. The highest BCUT2D eigenvalue weighted by molar-refractivity contribution is 7.10. The Bertz CT molecular complexity index is 520. The van der Waals surface area contributed by atoms with Crippen molar-refractivity contribution < 1.29 is 4.79 Å². The van der Waals surface area contributed by atoms with Crippen molar-refractivity contribution >= 4 is 22.9 Å². The third-order valence-electron chi connectivity index (χ3n) is 2.71. The summed E-state index contributed by atoms with van der Waals surface area (Å²) in [5.41, 5.74) is 0.903. The van der Waals surface area contributed by atoms with Gasteiger partial charge < -0.3 is 15.2 Å². The van der Waals surface area contributed by atoms with E-state index in [1.165, 1.54) is 6.92 Å². The molecule has 6 heteroatoms. The molecule has 0 saturated carbocycles. The largest absolute Gasteiger partial charge is 0.336 e. The maximum Gasteiger partial charge on any atom is 0.221 e. The van der Waals surface area contributed by atoms with Crippen LogP contribution in [0.15, 0.2) is 30.2 Å². The standard InChI is InChI=1S/C13H18N4OS/c1-10(8-17-5-4-14-9-17)15-7-13-12(3-6-19-13)16-11(2)18/h3-6,9-10,15H,7-8H2,1-2H3,(H,16,18). The number of nitrogens with one attached hydrogen (secondary N) is 2. The fourth-order valence-electron chi connectivity index (χ4n) is 1.82. The summed E-state index contributed by atoms with van der Waals surface area (Å²) < 4.78 is 2.04. The van der Waals surface area contributed by atoms with Crippen molar-refractivity contribution in [2.45, 2.75) is 33.0 Å². The average molecular weight is 278 g/mol. The van der Waals surface area contributed by atoms with E-state index in [4.69, 9.17) is 0 Å². The first-order chi connectivity index (χ1) is 9.15. The van der Waals surface area contributed by atoms with Crippen LogP contribution in [0.2, 0.25) is 0 Å². The predicted molar refractivity (Wildman–Crippen MR) is 77.2 cm³/mol. The third-order valence-corrected chi connectivity index (χ3v) is 3.63. The molecule has 2 heterocycles. The minimum atomic E-state index is -0.0360. The highest BCUT2D eigenvalue weighted by Crippen LogP contribution is 2.22. The molecule has 0 aliphatic heterocycles. The topological polar surface area (TPSA) is 59.0 Å². The fraction of sp³-hybridized carbons (Fsp3) is 0.385. The van der Waals surface area contributed by atoms with Crippen LogP contribution < -0.4 is 10.6 Å². The summed E-state index contributed by atoms with van der Waals surface area (Å²) >= 11 is 1.65. The first kappa shape index (κ1) is 13.8. The van der Waals surface area contributed by atoms with E-state index in [1.807, 2.05) is 28.5 Å². The summed E-state index contributed by atoms with van der Waals surface area (Å²) in [6, 6.07) is 2.27. The summed E-state index contributed by atoms with van der Waals surface area (Å²) in [6.07, 6.45) is 5.54. The van der Waals surface area contributed by atoms with Gasteiger partial charge in [-0.25, -0.2) is 4.98 Å². The molecule has 0 saturated heterocycles. The number of nitrogens with zero attached hydrogens (tertiary/aromatic N) is 2. The lowest BCUT2D eigenvalue weighted by atomic mass is 10.3. The Kier molecular flexibility index (Phi) is 4.70. The SMILES string of the molecule is CC(=O)Nc1ccsc1CNC(C)Cn1ccnc1. The Hall–Kier alpha value is -1.66.